The van der Waals surface area contributed by atoms with Gasteiger partial charge in [0, 0.05) is 31.7 Å². The zero-order valence-corrected chi connectivity index (χ0v) is 18.7. The maximum absolute atomic E-state index is 12.8. The van der Waals surface area contributed by atoms with Gasteiger partial charge in [0.2, 0.25) is 17.6 Å². The molecule has 1 N–H and O–H groups in total. The molecule has 174 valence electrons. The molecule has 0 spiro atoms. The number of nitrogens with one attached hydrogen (secondary N) is 1. The van der Waals surface area contributed by atoms with Gasteiger partial charge in [-0.15, -0.1) is 0 Å². The highest BCUT2D eigenvalue weighted by atomic mass is 16.5. The summed E-state index contributed by atoms with van der Waals surface area (Å²) in [4.78, 5) is 48.8. The Hall–Kier alpha value is -4.05. The molecule has 0 aliphatic carbocycles. The first-order chi connectivity index (χ1) is 16.5. The molecule has 1 fully saturated rings. The Morgan fingerprint density at radius 1 is 1.03 bits per heavy atom. The summed E-state index contributed by atoms with van der Waals surface area (Å²) in [6, 6.07) is 14.7. The van der Waals surface area contributed by atoms with E-state index in [1.807, 2.05) is 31.2 Å². The van der Waals surface area contributed by atoms with Gasteiger partial charge >= 0.3 is 5.69 Å². The Balaban J connectivity index is 1.19. The standard InChI is InChI=1S/C24H24N6O4/c1-16-6-8-17(9-7-16)22-26-20(34-27-22)14-28-10-12-29(13-11-28)21(31)15-30-23(32)18-4-2-3-5-19(18)25-24(30)33/h2-9H,10-15H2,1H3,(H,25,33). The van der Waals surface area contributed by atoms with E-state index in [0.29, 0.717) is 55.3 Å². The molecule has 0 bridgehead atoms. The van der Waals surface area contributed by atoms with E-state index in [4.69, 9.17) is 4.52 Å². The van der Waals surface area contributed by atoms with Gasteiger partial charge < -0.3 is 14.4 Å². The molecule has 0 radical (unpaired) electrons. The Morgan fingerprint density at radius 3 is 2.53 bits per heavy atom. The molecule has 2 aromatic heterocycles. The van der Waals surface area contributed by atoms with Crippen LogP contribution in [0.15, 0.2) is 62.6 Å². The number of aryl methyl sites for hydroxylation is 1. The Morgan fingerprint density at radius 2 is 1.76 bits per heavy atom. The number of para-hydroxylation sites is 1. The van der Waals surface area contributed by atoms with Crippen LogP contribution >= 0.6 is 0 Å². The van der Waals surface area contributed by atoms with E-state index in [-0.39, 0.29) is 12.5 Å². The van der Waals surface area contributed by atoms with Crippen LogP contribution in [0.5, 0.6) is 0 Å². The summed E-state index contributed by atoms with van der Waals surface area (Å²) in [6.07, 6.45) is 0. The van der Waals surface area contributed by atoms with Crippen LogP contribution in [0.2, 0.25) is 0 Å². The second kappa shape index (κ2) is 9.06. The topological polar surface area (TPSA) is 117 Å². The summed E-state index contributed by atoms with van der Waals surface area (Å²) in [7, 11) is 0. The van der Waals surface area contributed by atoms with Crippen LogP contribution in [0.1, 0.15) is 11.5 Å². The molecule has 3 heterocycles. The number of nitrogens with zero attached hydrogens (tertiary/aromatic N) is 5. The summed E-state index contributed by atoms with van der Waals surface area (Å²) in [5, 5.41) is 4.45. The number of aromatic nitrogens is 4. The smallest absolute Gasteiger partial charge is 0.329 e. The van der Waals surface area contributed by atoms with Gasteiger partial charge in [0.1, 0.15) is 6.54 Å². The average molecular weight is 460 g/mol. The molecular formula is C24H24N6O4. The summed E-state index contributed by atoms with van der Waals surface area (Å²) < 4.78 is 6.37. The fraction of sp³-hybridized carbons (Fsp3) is 0.292. The largest absolute Gasteiger partial charge is 0.339 e. The minimum Gasteiger partial charge on any atom is -0.339 e. The van der Waals surface area contributed by atoms with Gasteiger partial charge in [-0.05, 0) is 19.1 Å². The second-order valence-corrected chi connectivity index (χ2v) is 8.40. The number of benzene rings is 2. The molecule has 5 rings (SSSR count). The van der Waals surface area contributed by atoms with Crippen LogP contribution < -0.4 is 11.2 Å². The number of piperazine rings is 1. The molecular weight excluding hydrogens is 436 g/mol. The molecule has 10 heteroatoms. The molecule has 10 nitrogen and oxygen atoms in total. The molecule has 4 aromatic rings. The van der Waals surface area contributed by atoms with Crippen LogP contribution in [0.4, 0.5) is 0 Å². The highest BCUT2D eigenvalue weighted by molar-refractivity contribution is 5.79. The predicted octanol–water partition coefficient (Wildman–Crippen LogP) is 1.39. The van der Waals surface area contributed by atoms with E-state index in [1.54, 1.807) is 29.2 Å². The van der Waals surface area contributed by atoms with Crippen LogP contribution in [0.25, 0.3) is 22.3 Å². The number of carbonyl (C=O) groups excluding carboxylic acids is 1. The van der Waals surface area contributed by atoms with Gasteiger partial charge in [-0.1, -0.05) is 47.1 Å². The number of hydrogen-bond acceptors (Lipinski definition) is 7. The minimum absolute atomic E-state index is 0.262. The summed E-state index contributed by atoms with van der Waals surface area (Å²) in [5.74, 6) is 0.807. The Labute approximate surface area is 194 Å². The van der Waals surface area contributed by atoms with Crippen LogP contribution in [0.3, 0.4) is 0 Å². The zero-order valence-electron chi connectivity index (χ0n) is 18.7. The Kier molecular flexibility index (Phi) is 5.81. The molecule has 1 aliphatic heterocycles. The lowest BCUT2D eigenvalue weighted by Gasteiger charge is -2.34. The van der Waals surface area contributed by atoms with Crippen LogP contribution in [-0.2, 0) is 17.9 Å². The van der Waals surface area contributed by atoms with Crippen molar-refractivity contribution < 1.29 is 9.32 Å². The van der Waals surface area contributed by atoms with Gasteiger partial charge in [0.15, 0.2) is 0 Å². The third kappa shape index (κ3) is 4.40. The van der Waals surface area contributed by atoms with Crippen molar-refractivity contribution >= 4 is 16.8 Å². The number of aromatic amines is 1. The van der Waals surface area contributed by atoms with Crippen molar-refractivity contribution in [2.75, 3.05) is 26.2 Å². The molecule has 1 aliphatic rings. The van der Waals surface area contributed by atoms with Crippen molar-refractivity contribution in [3.8, 4) is 11.4 Å². The number of hydrogen-bond donors (Lipinski definition) is 1. The van der Waals surface area contributed by atoms with Crippen molar-refractivity contribution in [2.45, 2.75) is 20.0 Å². The lowest BCUT2D eigenvalue weighted by Crippen LogP contribution is -2.50. The minimum atomic E-state index is -0.587. The maximum atomic E-state index is 12.8. The van der Waals surface area contributed by atoms with Crippen molar-refractivity contribution in [2.24, 2.45) is 0 Å². The molecule has 34 heavy (non-hydrogen) atoms. The van der Waals surface area contributed by atoms with E-state index in [0.717, 1.165) is 15.7 Å². The number of rotatable bonds is 5. The normalized spacial score (nSPS) is 14.6. The van der Waals surface area contributed by atoms with Crippen molar-refractivity contribution in [1.82, 2.24) is 29.5 Å². The quantitative estimate of drug-likeness (QED) is 0.478. The van der Waals surface area contributed by atoms with E-state index < -0.39 is 11.2 Å². The lowest BCUT2D eigenvalue weighted by molar-refractivity contribution is -0.133. The highest BCUT2D eigenvalue weighted by Gasteiger charge is 2.24. The monoisotopic (exact) mass is 460 g/mol. The van der Waals surface area contributed by atoms with Gasteiger partial charge in [0.25, 0.3) is 5.56 Å². The average Bonchev–Trinajstić information content (AvgIpc) is 3.31. The van der Waals surface area contributed by atoms with Crippen LogP contribution in [-0.4, -0.2) is 61.6 Å². The van der Waals surface area contributed by atoms with E-state index >= 15 is 0 Å². The third-order valence-corrected chi connectivity index (χ3v) is 6.04. The SMILES string of the molecule is Cc1ccc(-c2noc(CN3CCN(C(=O)Cn4c(=O)[nH]c5ccccc5c4=O)CC3)n2)cc1. The summed E-state index contributed by atoms with van der Waals surface area (Å²) in [5.41, 5.74) is 1.47. The molecule has 1 amide bonds. The maximum Gasteiger partial charge on any atom is 0.329 e. The van der Waals surface area contributed by atoms with Gasteiger partial charge in [-0.3, -0.25) is 19.1 Å². The molecule has 1 saturated heterocycles. The first-order valence-electron chi connectivity index (χ1n) is 11.1. The zero-order chi connectivity index (χ0) is 23.7. The fourth-order valence-electron chi connectivity index (χ4n) is 4.06. The van der Waals surface area contributed by atoms with Crippen LogP contribution in [0, 0.1) is 6.92 Å². The van der Waals surface area contributed by atoms with Gasteiger partial charge in [0.05, 0.1) is 17.4 Å². The summed E-state index contributed by atoms with van der Waals surface area (Å²) in [6.45, 7) is 4.44. The number of amides is 1. The Bertz CT molecular complexity index is 1440. The summed E-state index contributed by atoms with van der Waals surface area (Å²) >= 11 is 0. The first kappa shape index (κ1) is 21.8. The molecule has 2 aromatic carbocycles. The van der Waals surface area contributed by atoms with E-state index in [1.165, 1.54) is 0 Å². The number of H-pyrrole nitrogens is 1. The molecule has 0 saturated carbocycles. The molecule has 0 atom stereocenters. The predicted molar refractivity (Wildman–Crippen MR) is 125 cm³/mol. The van der Waals surface area contributed by atoms with E-state index in [2.05, 4.69) is 20.0 Å². The highest BCUT2D eigenvalue weighted by Crippen LogP contribution is 2.17. The number of carbonyl (C=O) groups is 1. The fourth-order valence-corrected chi connectivity index (χ4v) is 4.06. The second-order valence-electron chi connectivity index (χ2n) is 8.40. The third-order valence-electron chi connectivity index (χ3n) is 6.04. The van der Waals surface area contributed by atoms with Gasteiger partial charge in [-0.25, -0.2) is 4.79 Å². The number of fused-ring (bicyclic) bond motifs is 1. The van der Waals surface area contributed by atoms with Crippen molar-refractivity contribution in [3.05, 3.63) is 80.8 Å². The van der Waals surface area contributed by atoms with Gasteiger partial charge in [-0.2, -0.15) is 4.98 Å². The van der Waals surface area contributed by atoms with E-state index in [9.17, 15) is 14.4 Å². The van der Waals surface area contributed by atoms with Crippen molar-refractivity contribution in [1.29, 1.82) is 0 Å². The molecule has 0 unspecified atom stereocenters. The first-order valence-corrected chi connectivity index (χ1v) is 11.1. The van der Waals surface area contributed by atoms with Crippen molar-refractivity contribution in [3.63, 3.8) is 0 Å². The lowest BCUT2D eigenvalue weighted by atomic mass is 10.1.